The van der Waals surface area contributed by atoms with E-state index in [1.165, 1.54) is 23.4 Å². The maximum absolute atomic E-state index is 13.2. The third-order valence-electron chi connectivity index (χ3n) is 3.58. The third kappa shape index (κ3) is 1.70. The molecule has 0 unspecified atom stereocenters. The van der Waals surface area contributed by atoms with Gasteiger partial charge in [-0.05, 0) is 54.4 Å². The highest BCUT2D eigenvalue weighted by Gasteiger charge is 2.13. The second-order valence-corrected chi connectivity index (χ2v) is 4.84. The van der Waals surface area contributed by atoms with Crippen LogP contribution in [0.5, 0.6) is 0 Å². The Morgan fingerprint density at radius 3 is 2.95 bits per heavy atom. The molecule has 2 nitrogen and oxygen atoms in total. The molecule has 2 aromatic carbocycles. The van der Waals surface area contributed by atoms with Gasteiger partial charge in [-0.15, -0.1) is 0 Å². The van der Waals surface area contributed by atoms with E-state index in [4.69, 9.17) is 4.42 Å². The molecule has 1 aliphatic rings. The molecule has 0 spiro atoms. The summed E-state index contributed by atoms with van der Waals surface area (Å²) in [6.45, 7) is 0.990. The molecule has 0 saturated heterocycles. The van der Waals surface area contributed by atoms with Crippen LogP contribution in [0.3, 0.4) is 0 Å². The van der Waals surface area contributed by atoms with Crippen molar-refractivity contribution in [2.45, 2.75) is 6.42 Å². The van der Waals surface area contributed by atoms with Crippen molar-refractivity contribution in [3.63, 3.8) is 0 Å². The summed E-state index contributed by atoms with van der Waals surface area (Å²) < 4.78 is 19.0. The van der Waals surface area contributed by atoms with Crippen molar-refractivity contribution in [1.82, 2.24) is 0 Å². The van der Waals surface area contributed by atoms with Gasteiger partial charge < -0.3 is 9.73 Å². The molecule has 4 rings (SSSR count). The minimum Gasteiger partial charge on any atom is -0.456 e. The average molecular weight is 253 g/mol. The number of hydrogen-bond donors (Lipinski definition) is 1. The molecule has 3 aromatic rings. The molecule has 1 N–H and O–H groups in total. The molecule has 0 atom stereocenters. The topological polar surface area (TPSA) is 25.2 Å². The lowest BCUT2D eigenvalue weighted by atomic mass is 10.1. The summed E-state index contributed by atoms with van der Waals surface area (Å²) in [6.07, 6.45) is 1.04. The van der Waals surface area contributed by atoms with Crippen molar-refractivity contribution in [1.29, 1.82) is 0 Å². The van der Waals surface area contributed by atoms with Gasteiger partial charge in [0.2, 0.25) is 0 Å². The van der Waals surface area contributed by atoms with Crippen LogP contribution in [-0.4, -0.2) is 6.54 Å². The van der Waals surface area contributed by atoms with Gasteiger partial charge >= 0.3 is 0 Å². The van der Waals surface area contributed by atoms with Crippen molar-refractivity contribution in [2.24, 2.45) is 0 Å². The van der Waals surface area contributed by atoms with Crippen molar-refractivity contribution >= 4 is 16.7 Å². The summed E-state index contributed by atoms with van der Waals surface area (Å²) in [7, 11) is 0. The van der Waals surface area contributed by atoms with E-state index in [1.54, 1.807) is 6.07 Å². The summed E-state index contributed by atoms with van der Waals surface area (Å²) in [6, 6.07) is 12.7. The lowest BCUT2D eigenvalue weighted by Crippen LogP contribution is -1.90. The fourth-order valence-electron chi connectivity index (χ4n) is 2.61. The monoisotopic (exact) mass is 253 g/mol. The SMILES string of the molecule is Fc1ccc2oc(-c3ccc4c(c3)CCN4)cc2c1. The number of anilines is 1. The van der Waals surface area contributed by atoms with Gasteiger partial charge in [-0.25, -0.2) is 4.39 Å². The van der Waals surface area contributed by atoms with Crippen molar-refractivity contribution in [3.05, 3.63) is 53.8 Å². The molecule has 19 heavy (non-hydrogen) atoms. The zero-order valence-corrected chi connectivity index (χ0v) is 10.2. The first-order valence-corrected chi connectivity index (χ1v) is 6.36. The second kappa shape index (κ2) is 3.85. The van der Waals surface area contributed by atoms with Crippen LogP contribution in [0.4, 0.5) is 10.1 Å². The summed E-state index contributed by atoms with van der Waals surface area (Å²) in [5, 5.41) is 4.13. The van der Waals surface area contributed by atoms with Gasteiger partial charge in [0.25, 0.3) is 0 Å². The Hall–Kier alpha value is -2.29. The first-order valence-electron chi connectivity index (χ1n) is 6.36. The summed E-state index contributed by atoms with van der Waals surface area (Å²) in [5.41, 5.74) is 4.27. The Morgan fingerprint density at radius 1 is 1.05 bits per heavy atom. The van der Waals surface area contributed by atoms with E-state index in [1.807, 2.05) is 12.1 Å². The molecule has 0 bridgehead atoms. The van der Waals surface area contributed by atoms with Gasteiger partial charge in [-0.2, -0.15) is 0 Å². The van der Waals surface area contributed by atoms with Crippen molar-refractivity contribution in [2.75, 3.05) is 11.9 Å². The van der Waals surface area contributed by atoms with Crippen LogP contribution in [0, 0.1) is 5.82 Å². The zero-order chi connectivity index (χ0) is 12.8. The standard InChI is InChI=1S/C16H12FNO/c17-13-2-4-15-12(8-13)9-16(19-15)11-1-3-14-10(7-11)5-6-18-14/h1-4,7-9,18H,5-6H2. The lowest BCUT2D eigenvalue weighted by molar-refractivity contribution is 0.619. The van der Waals surface area contributed by atoms with E-state index in [0.29, 0.717) is 0 Å². The summed E-state index contributed by atoms with van der Waals surface area (Å²) >= 11 is 0. The molecule has 0 aliphatic carbocycles. The van der Waals surface area contributed by atoms with Gasteiger partial charge in [0, 0.05) is 23.2 Å². The zero-order valence-electron chi connectivity index (χ0n) is 10.2. The molecule has 1 aliphatic heterocycles. The van der Waals surface area contributed by atoms with E-state index < -0.39 is 0 Å². The normalized spacial score (nSPS) is 13.5. The number of nitrogens with one attached hydrogen (secondary N) is 1. The molecular formula is C16H12FNO. The van der Waals surface area contributed by atoms with Crippen molar-refractivity contribution in [3.8, 4) is 11.3 Å². The number of hydrogen-bond acceptors (Lipinski definition) is 2. The minimum absolute atomic E-state index is 0.238. The van der Waals surface area contributed by atoms with Crippen LogP contribution in [-0.2, 0) is 6.42 Å². The number of fused-ring (bicyclic) bond motifs is 2. The Morgan fingerprint density at radius 2 is 2.00 bits per heavy atom. The Bertz CT molecular complexity index is 776. The predicted octanol–water partition coefficient (Wildman–Crippen LogP) is 4.21. The third-order valence-corrected chi connectivity index (χ3v) is 3.58. The van der Waals surface area contributed by atoms with E-state index in [9.17, 15) is 4.39 Å². The number of benzene rings is 2. The Balaban J connectivity index is 1.85. The average Bonchev–Trinajstić information content (AvgIpc) is 3.02. The van der Waals surface area contributed by atoms with Gasteiger partial charge in [0.15, 0.2) is 0 Å². The molecule has 2 heterocycles. The van der Waals surface area contributed by atoms with E-state index in [0.717, 1.165) is 35.3 Å². The molecule has 0 radical (unpaired) electrons. The summed E-state index contributed by atoms with van der Waals surface area (Å²) in [4.78, 5) is 0. The van der Waals surface area contributed by atoms with E-state index >= 15 is 0 Å². The van der Waals surface area contributed by atoms with Crippen LogP contribution in [0.1, 0.15) is 5.56 Å². The molecule has 0 amide bonds. The fourth-order valence-corrected chi connectivity index (χ4v) is 2.61. The smallest absolute Gasteiger partial charge is 0.135 e. The van der Waals surface area contributed by atoms with Crippen LogP contribution in [0.15, 0.2) is 46.9 Å². The first-order chi connectivity index (χ1) is 9.29. The van der Waals surface area contributed by atoms with Gasteiger partial charge in [-0.3, -0.25) is 0 Å². The van der Waals surface area contributed by atoms with Gasteiger partial charge in [0.1, 0.15) is 17.2 Å². The van der Waals surface area contributed by atoms with Crippen LogP contribution >= 0.6 is 0 Å². The maximum Gasteiger partial charge on any atom is 0.135 e. The Kier molecular flexibility index (Phi) is 2.15. The number of furan rings is 1. The fraction of sp³-hybridized carbons (Fsp3) is 0.125. The number of rotatable bonds is 1. The Labute approximate surface area is 109 Å². The number of halogens is 1. The minimum atomic E-state index is -0.238. The first kappa shape index (κ1) is 10.6. The highest BCUT2D eigenvalue weighted by atomic mass is 19.1. The van der Waals surface area contributed by atoms with Crippen molar-refractivity contribution < 1.29 is 8.81 Å². The highest BCUT2D eigenvalue weighted by molar-refractivity contribution is 5.83. The highest BCUT2D eigenvalue weighted by Crippen LogP contribution is 2.32. The second-order valence-electron chi connectivity index (χ2n) is 4.84. The largest absolute Gasteiger partial charge is 0.456 e. The maximum atomic E-state index is 13.2. The van der Waals surface area contributed by atoms with Gasteiger partial charge in [-0.1, -0.05) is 0 Å². The lowest BCUT2D eigenvalue weighted by Gasteiger charge is -2.01. The molecule has 0 fully saturated rings. The molecule has 1 aromatic heterocycles. The quantitative estimate of drug-likeness (QED) is 0.702. The van der Waals surface area contributed by atoms with Crippen LogP contribution in [0.2, 0.25) is 0 Å². The predicted molar refractivity (Wildman–Crippen MR) is 73.8 cm³/mol. The molecular weight excluding hydrogens is 241 g/mol. The van der Waals surface area contributed by atoms with Crippen LogP contribution < -0.4 is 5.32 Å². The van der Waals surface area contributed by atoms with E-state index in [-0.39, 0.29) is 5.82 Å². The van der Waals surface area contributed by atoms with Gasteiger partial charge in [0.05, 0.1) is 0 Å². The van der Waals surface area contributed by atoms with Crippen LogP contribution in [0.25, 0.3) is 22.3 Å². The summed E-state index contributed by atoms with van der Waals surface area (Å²) in [5.74, 6) is 0.549. The van der Waals surface area contributed by atoms with E-state index in [2.05, 4.69) is 17.4 Å². The molecule has 94 valence electrons. The molecule has 3 heteroatoms. The molecule has 0 saturated carbocycles.